The molecule has 0 saturated carbocycles. The van der Waals surface area contributed by atoms with Crippen molar-refractivity contribution in [3.05, 3.63) is 0 Å². The van der Waals surface area contributed by atoms with Crippen LogP contribution < -0.4 is 0 Å². The molecule has 16 heavy (non-hydrogen) atoms. The zero-order chi connectivity index (χ0) is 13.0. The van der Waals surface area contributed by atoms with Gasteiger partial charge in [-0.25, -0.2) is 0 Å². The molecule has 0 rings (SSSR count). The van der Waals surface area contributed by atoms with Gasteiger partial charge >= 0.3 is 11.9 Å². The van der Waals surface area contributed by atoms with Crippen molar-refractivity contribution in [3.8, 4) is 0 Å². The fourth-order valence-electron chi connectivity index (χ4n) is 0.542. The number of aldehydes is 1. The van der Waals surface area contributed by atoms with Crippen molar-refractivity contribution in [2.75, 3.05) is 6.79 Å². The Kier molecular flexibility index (Phi) is 11.9. The second kappa shape index (κ2) is 11.4. The Labute approximate surface area is 93.9 Å². The molecule has 0 fully saturated rings. The fourth-order valence-corrected chi connectivity index (χ4v) is 0.542. The van der Waals surface area contributed by atoms with Gasteiger partial charge in [0.25, 0.3) is 0 Å². The highest BCUT2D eigenvalue weighted by Crippen LogP contribution is 1.90. The molecule has 0 heterocycles. The zero-order valence-electron chi connectivity index (χ0n) is 9.65. The first-order chi connectivity index (χ1) is 7.56. The average Bonchev–Trinajstić information content (AvgIpc) is 2.20. The van der Waals surface area contributed by atoms with Gasteiger partial charge in [0.05, 0.1) is 0 Å². The number of Topliss-reactive ketones (excluding diaryl/α,β-unsaturated/α-hetero) is 1. The summed E-state index contributed by atoms with van der Waals surface area (Å²) in [5, 5.41) is 0. The number of ketones is 1. The minimum atomic E-state index is -0.782. The topological polar surface area (TPSA) is 86.7 Å². The van der Waals surface area contributed by atoms with Gasteiger partial charge in [0.1, 0.15) is 24.9 Å². The monoisotopic (exact) mass is 232 g/mol. The van der Waals surface area contributed by atoms with Crippen LogP contribution in [0, 0.1) is 0 Å². The lowest BCUT2D eigenvalue weighted by Crippen LogP contribution is -2.14. The van der Waals surface area contributed by atoms with Gasteiger partial charge in [0, 0.05) is 0 Å². The van der Waals surface area contributed by atoms with Crippen molar-refractivity contribution in [2.24, 2.45) is 0 Å². The number of carbonyl (C=O) groups is 4. The number of ether oxygens (including phenoxy) is 2. The Hall–Kier alpha value is -1.72. The molecule has 0 aromatic carbocycles. The fraction of sp³-hybridized carbons (Fsp3) is 0.600. The third-order valence-electron chi connectivity index (χ3n) is 1.08. The first-order valence-electron chi connectivity index (χ1n) is 4.80. The molecule has 0 aliphatic carbocycles. The third kappa shape index (κ3) is 12.3. The molecule has 0 saturated heterocycles. The predicted molar refractivity (Wildman–Crippen MR) is 54.4 cm³/mol. The summed E-state index contributed by atoms with van der Waals surface area (Å²) < 4.78 is 8.66. The number of hydrogen-bond acceptors (Lipinski definition) is 6. The molecule has 0 radical (unpaired) electrons. The number of carbonyl (C=O) groups excluding carboxylic acids is 4. The van der Waals surface area contributed by atoms with Crippen LogP contribution in [0.15, 0.2) is 0 Å². The normalized spacial score (nSPS) is 8.19. The second-order valence-corrected chi connectivity index (χ2v) is 2.40. The van der Waals surface area contributed by atoms with Crippen LogP contribution in [-0.2, 0) is 28.7 Å². The smallest absolute Gasteiger partial charge is 0.316 e. The first kappa shape index (κ1) is 16.7. The van der Waals surface area contributed by atoms with Crippen molar-refractivity contribution in [1.82, 2.24) is 0 Å². The molecule has 0 aromatic rings. The highest BCUT2D eigenvalue weighted by Gasteiger charge is 2.07. The SMILES string of the molecule is CC.CC(=O)CC(=O)OCOC(=O)CC=O. The van der Waals surface area contributed by atoms with E-state index in [1.165, 1.54) is 6.92 Å². The maximum atomic E-state index is 10.7. The molecule has 0 N–H and O–H groups in total. The van der Waals surface area contributed by atoms with Gasteiger partial charge in [-0.15, -0.1) is 0 Å². The predicted octanol–water partition coefficient (Wildman–Crippen LogP) is 0.625. The number of hydrogen-bond donors (Lipinski definition) is 0. The standard InChI is InChI=1S/C8H10O6.C2H6/c1-6(10)4-8(12)14-5-13-7(11)2-3-9;1-2/h3H,2,4-5H2,1H3;1-2H3. The molecule has 0 atom stereocenters. The van der Waals surface area contributed by atoms with Crippen LogP contribution in [0.5, 0.6) is 0 Å². The lowest BCUT2D eigenvalue weighted by molar-refractivity contribution is -0.167. The van der Waals surface area contributed by atoms with Crippen molar-refractivity contribution in [2.45, 2.75) is 33.6 Å². The van der Waals surface area contributed by atoms with Gasteiger partial charge in [-0.3, -0.25) is 14.4 Å². The molecule has 0 aliphatic rings. The van der Waals surface area contributed by atoms with Gasteiger partial charge < -0.3 is 14.3 Å². The Bertz CT molecular complexity index is 246. The van der Waals surface area contributed by atoms with Crippen molar-refractivity contribution in [1.29, 1.82) is 0 Å². The van der Waals surface area contributed by atoms with Crippen LogP contribution in [0.2, 0.25) is 0 Å². The van der Waals surface area contributed by atoms with Crippen LogP contribution in [0.3, 0.4) is 0 Å². The van der Waals surface area contributed by atoms with E-state index in [0.717, 1.165) is 0 Å². The highest BCUT2D eigenvalue weighted by atomic mass is 16.7. The summed E-state index contributed by atoms with van der Waals surface area (Å²) in [7, 11) is 0. The highest BCUT2D eigenvalue weighted by molar-refractivity contribution is 5.94. The van der Waals surface area contributed by atoms with Crippen molar-refractivity contribution >= 4 is 24.0 Å². The molecule has 0 unspecified atom stereocenters. The zero-order valence-corrected chi connectivity index (χ0v) is 9.65. The molecule has 6 nitrogen and oxygen atoms in total. The van der Waals surface area contributed by atoms with E-state index in [-0.39, 0.29) is 18.6 Å². The van der Waals surface area contributed by atoms with Crippen LogP contribution in [0.4, 0.5) is 0 Å². The van der Waals surface area contributed by atoms with E-state index in [1.54, 1.807) is 0 Å². The third-order valence-corrected chi connectivity index (χ3v) is 1.08. The summed E-state index contributed by atoms with van der Waals surface area (Å²) in [6.07, 6.45) is -0.366. The summed E-state index contributed by atoms with van der Waals surface area (Å²) in [6, 6.07) is 0. The van der Waals surface area contributed by atoms with Gasteiger partial charge in [-0.05, 0) is 6.92 Å². The number of rotatable bonds is 6. The van der Waals surface area contributed by atoms with E-state index in [2.05, 4.69) is 9.47 Å². The minimum absolute atomic E-state index is 0.339. The Morgan fingerprint density at radius 3 is 2.00 bits per heavy atom. The Balaban J connectivity index is 0. The molecule has 0 aromatic heterocycles. The minimum Gasteiger partial charge on any atom is -0.428 e. The van der Waals surface area contributed by atoms with Crippen molar-refractivity contribution in [3.63, 3.8) is 0 Å². The molecule has 0 amide bonds. The molecular weight excluding hydrogens is 216 g/mol. The second-order valence-electron chi connectivity index (χ2n) is 2.40. The van der Waals surface area contributed by atoms with Crippen molar-refractivity contribution < 1.29 is 28.7 Å². The maximum absolute atomic E-state index is 10.7. The largest absolute Gasteiger partial charge is 0.428 e. The van der Waals surface area contributed by atoms with E-state index in [0.29, 0.717) is 6.29 Å². The van der Waals surface area contributed by atoms with Crippen LogP contribution in [0.25, 0.3) is 0 Å². The van der Waals surface area contributed by atoms with Crippen LogP contribution in [0.1, 0.15) is 33.6 Å². The van der Waals surface area contributed by atoms with Gasteiger partial charge in [0.15, 0.2) is 0 Å². The molecule has 0 bridgehead atoms. The summed E-state index contributed by atoms with van der Waals surface area (Å²) in [4.78, 5) is 41.4. The van der Waals surface area contributed by atoms with Gasteiger partial charge in [-0.1, -0.05) is 13.8 Å². The summed E-state index contributed by atoms with van der Waals surface area (Å²) in [5.74, 6) is -1.89. The lowest BCUT2D eigenvalue weighted by Gasteiger charge is -2.03. The molecule has 0 aliphatic heterocycles. The summed E-state index contributed by atoms with van der Waals surface area (Å²) in [6.45, 7) is 4.67. The van der Waals surface area contributed by atoms with E-state index >= 15 is 0 Å². The summed E-state index contributed by atoms with van der Waals surface area (Å²) in [5.41, 5.74) is 0. The van der Waals surface area contributed by atoms with E-state index in [9.17, 15) is 19.2 Å². The van der Waals surface area contributed by atoms with Crippen LogP contribution in [-0.4, -0.2) is 30.8 Å². The Morgan fingerprint density at radius 2 is 1.56 bits per heavy atom. The van der Waals surface area contributed by atoms with E-state index in [4.69, 9.17) is 0 Å². The Morgan fingerprint density at radius 1 is 1.06 bits per heavy atom. The number of esters is 2. The maximum Gasteiger partial charge on any atom is 0.316 e. The first-order valence-corrected chi connectivity index (χ1v) is 4.80. The lowest BCUT2D eigenvalue weighted by atomic mass is 10.3. The quantitative estimate of drug-likeness (QED) is 0.289. The average molecular weight is 232 g/mol. The van der Waals surface area contributed by atoms with E-state index in [1.807, 2.05) is 13.8 Å². The molecule has 92 valence electrons. The van der Waals surface area contributed by atoms with Gasteiger partial charge in [0.2, 0.25) is 6.79 Å². The summed E-state index contributed by atoms with van der Waals surface area (Å²) >= 11 is 0. The van der Waals surface area contributed by atoms with Gasteiger partial charge in [-0.2, -0.15) is 0 Å². The van der Waals surface area contributed by atoms with E-state index < -0.39 is 18.7 Å². The van der Waals surface area contributed by atoms with Crippen LogP contribution >= 0.6 is 0 Å². The molecule has 6 heteroatoms. The molecular formula is C10H16O6. The molecule has 0 spiro atoms.